The molecule has 0 spiro atoms. The summed E-state index contributed by atoms with van der Waals surface area (Å²) in [6.45, 7) is 9.33. The van der Waals surface area contributed by atoms with E-state index < -0.39 is 0 Å². The minimum absolute atomic E-state index is 0.119. The molecule has 2 aliphatic rings. The van der Waals surface area contributed by atoms with E-state index in [1.165, 1.54) is 55.3 Å². The van der Waals surface area contributed by atoms with Gasteiger partial charge in [-0.15, -0.1) is 10.2 Å². The number of para-hydroxylation sites is 2. The Hall–Kier alpha value is -5.74. The van der Waals surface area contributed by atoms with E-state index >= 15 is 0 Å². The number of nitrogens with zero attached hydrogens (tertiary/aromatic N) is 4. The lowest BCUT2D eigenvalue weighted by Crippen LogP contribution is -2.16. The van der Waals surface area contributed by atoms with Crippen LogP contribution in [0.3, 0.4) is 0 Å². The Kier molecular flexibility index (Phi) is 5.37. The van der Waals surface area contributed by atoms with E-state index in [1.54, 1.807) is 0 Å². The molecule has 0 atom stereocenters. The molecule has 10 rings (SSSR count). The van der Waals surface area contributed by atoms with Crippen molar-refractivity contribution in [1.82, 2.24) is 19.3 Å². The van der Waals surface area contributed by atoms with E-state index in [-0.39, 0.29) is 10.8 Å². The zero-order valence-electron chi connectivity index (χ0n) is 27.5. The summed E-state index contributed by atoms with van der Waals surface area (Å²) in [7, 11) is 0. The SMILES string of the molecule is CC1(C)c2ccccc2-c2ccc(-c3nnc(-n4c5ccccc5c5ccccc54)n3-c3ccc4c(c3)C(C)(C)c3ccccc3-4)cc21. The van der Waals surface area contributed by atoms with Crippen LogP contribution < -0.4 is 0 Å². The van der Waals surface area contributed by atoms with Crippen LogP contribution in [-0.4, -0.2) is 19.3 Å². The quantitative estimate of drug-likeness (QED) is 0.197. The van der Waals surface area contributed by atoms with Crippen LogP contribution in [0.2, 0.25) is 0 Å². The van der Waals surface area contributed by atoms with Gasteiger partial charge in [0.1, 0.15) is 0 Å². The monoisotopic (exact) mass is 618 g/mol. The van der Waals surface area contributed by atoms with Crippen LogP contribution in [0.15, 0.2) is 133 Å². The Labute approximate surface area is 280 Å². The lowest BCUT2D eigenvalue weighted by Gasteiger charge is -2.23. The van der Waals surface area contributed by atoms with Crippen molar-refractivity contribution < 1.29 is 0 Å². The summed E-state index contributed by atoms with van der Waals surface area (Å²) >= 11 is 0. The number of rotatable bonds is 3. The molecule has 2 heterocycles. The van der Waals surface area contributed by atoms with E-state index in [0.29, 0.717) is 0 Å². The third kappa shape index (κ3) is 3.49. The Morgan fingerprint density at radius 1 is 0.438 bits per heavy atom. The van der Waals surface area contributed by atoms with Gasteiger partial charge in [0.2, 0.25) is 5.95 Å². The zero-order valence-corrected chi connectivity index (χ0v) is 27.5. The number of fused-ring (bicyclic) bond motifs is 9. The minimum atomic E-state index is -0.132. The molecule has 0 bridgehead atoms. The maximum absolute atomic E-state index is 5.03. The van der Waals surface area contributed by atoms with E-state index in [2.05, 4.69) is 170 Å². The van der Waals surface area contributed by atoms with Gasteiger partial charge in [-0.3, -0.25) is 9.13 Å². The summed E-state index contributed by atoms with van der Waals surface area (Å²) in [6.07, 6.45) is 0. The summed E-state index contributed by atoms with van der Waals surface area (Å²) in [4.78, 5) is 0. The number of hydrogen-bond donors (Lipinski definition) is 0. The van der Waals surface area contributed by atoms with Crippen LogP contribution in [0.5, 0.6) is 0 Å². The van der Waals surface area contributed by atoms with Crippen molar-refractivity contribution >= 4 is 21.8 Å². The fraction of sp³-hybridized carbons (Fsp3) is 0.136. The Morgan fingerprint density at radius 2 is 0.938 bits per heavy atom. The second-order valence-corrected chi connectivity index (χ2v) is 14.4. The van der Waals surface area contributed by atoms with Gasteiger partial charge in [-0.25, -0.2) is 0 Å². The highest BCUT2D eigenvalue weighted by molar-refractivity contribution is 6.09. The molecular formula is C44H34N4. The molecule has 4 heteroatoms. The van der Waals surface area contributed by atoms with Crippen molar-refractivity contribution in [2.75, 3.05) is 0 Å². The third-order valence-corrected chi connectivity index (χ3v) is 11.1. The topological polar surface area (TPSA) is 35.6 Å². The second kappa shape index (κ2) is 9.42. The summed E-state index contributed by atoms with van der Waals surface area (Å²) in [5, 5.41) is 12.4. The number of benzene rings is 6. The highest BCUT2D eigenvalue weighted by atomic mass is 15.4. The van der Waals surface area contributed by atoms with Crippen molar-refractivity contribution in [2.24, 2.45) is 0 Å². The molecule has 0 amide bonds. The molecule has 48 heavy (non-hydrogen) atoms. The molecule has 0 saturated carbocycles. The van der Waals surface area contributed by atoms with E-state index in [9.17, 15) is 0 Å². The molecule has 8 aromatic rings. The lowest BCUT2D eigenvalue weighted by atomic mass is 9.82. The van der Waals surface area contributed by atoms with E-state index in [0.717, 1.165) is 34.1 Å². The van der Waals surface area contributed by atoms with Crippen LogP contribution in [0, 0.1) is 0 Å². The van der Waals surface area contributed by atoms with Gasteiger partial charge in [0, 0.05) is 27.2 Å². The second-order valence-electron chi connectivity index (χ2n) is 14.4. The van der Waals surface area contributed by atoms with Crippen LogP contribution >= 0.6 is 0 Å². The number of aromatic nitrogens is 4. The molecule has 2 aliphatic carbocycles. The summed E-state index contributed by atoms with van der Waals surface area (Å²) in [5.41, 5.74) is 14.7. The average Bonchev–Trinajstić information content (AvgIpc) is 3.82. The minimum Gasteiger partial charge on any atom is -0.278 e. The first kappa shape index (κ1) is 27.4. The van der Waals surface area contributed by atoms with Gasteiger partial charge in [0.15, 0.2) is 5.82 Å². The molecule has 2 aromatic heterocycles. The van der Waals surface area contributed by atoms with E-state index in [4.69, 9.17) is 10.2 Å². The summed E-state index contributed by atoms with van der Waals surface area (Å²) in [6, 6.07) is 48.6. The van der Waals surface area contributed by atoms with Crippen molar-refractivity contribution in [3.63, 3.8) is 0 Å². The first-order chi connectivity index (χ1) is 23.3. The Balaban J connectivity index is 1.26. The van der Waals surface area contributed by atoms with Gasteiger partial charge in [0.25, 0.3) is 0 Å². The molecule has 6 aromatic carbocycles. The highest BCUT2D eigenvalue weighted by Crippen LogP contribution is 2.51. The first-order valence-electron chi connectivity index (χ1n) is 16.8. The van der Waals surface area contributed by atoms with Crippen LogP contribution in [0.1, 0.15) is 49.9 Å². The van der Waals surface area contributed by atoms with Crippen LogP contribution in [-0.2, 0) is 10.8 Å². The predicted octanol–water partition coefficient (Wildman–Crippen LogP) is 10.6. The van der Waals surface area contributed by atoms with Gasteiger partial charge in [-0.05, 0) is 74.8 Å². The van der Waals surface area contributed by atoms with Crippen LogP contribution in [0.25, 0.3) is 67.1 Å². The molecule has 0 fully saturated rings. The van der Waals surface area contributed by atoms with Crippen LogP contribution in [0.4, 0.5) is 0 Å². The largest absolute Gasteiger partial charge is 0.278 e. The van der Waals surface area contributed by atoms with Crippen molar-refractivity contribution in [3.8, 4) is 45.3 Å². The van der Waals surface area contributed by atoms with Gasteiger partial charge >= 0.3 is 0 Å². The molecule has 0 N–H and O–H groups in total. The standard InChI is InChI=1S/C44H34N4/c1-43(2)35-17-9-5-13-29(35)31-23-21-27(25-37(31)43)41-45-46-42(48-39-19-11-7-15-33(39)34-16-8-12-20-40(34)48)47(41)28-22-24-32-30-14-6-10-18-36(30)44(3,4)38(32)26-28/h5-26H,1-4H3. The fourth-order valence-corrected chi connectivity index (χ4v) is 8.66. The highest BCUT2D eigenvalue weighted by Gasteiger charge is 2.37. The number of hydrogen-bond acceptors (Lipinski definition) is 2. The molecule has 230 valence electrons. The fourth-order valence-electron chi connectivity index (χ4n) is 8.66. The molecular weight excluding hydrogens is 585 g/mol. The van der Waals surface area contributed by atoms with Gasteiger partial charge < -0.3 is 0 Å². The lowest BCUT2D eigenvalue weighted by molar-refractivity contribution is 0.659. The first-order valence-corrected chi connectivity index (χ1v) is 16.8. The molecule has 0 aliphatic heterocycles. The van der Waals surface area contributed by atoms with Gasteiger partial charge in [-0.1, -0.05) is 131 Å². The normalized spacial score (nSPS) is 15.0. The third-order valence-electron chi connectivity index (χ3n) is 11.1. The average molecular weight is 619 g/mol. The predicted molar refractivity (Wildman–Crippen MR) is 196 cm³/mol. The van der Waals surface area contributed by atoms with Gasteiger partial charge in [0.05, 0.1) is 16.7 Å². The summed E-state index contributed by atoms with van der Waals surface area (Å²) < 4.78 is 4.55. The Bertz CT molecular complexity index is 2580. The molecule has 0 saturated heterocycles. The molecule has 0 unspecified atom stereocenters. The van der Waals surface area contributed by atoms with Crippen molar-refractivity contribution in [3.05, 3.63) is 156 Å². The van der Waals surface area contributed by atoms with Crippen molar-refractivity contribution in [1.29, 1.82) is 0 Å². The molecule has 0 radical (unpaired) electrons. The van der Waals surface area contributed by atoms with Gasteiger partial charge in [-0.2, -0.15) is 0 Å². The maximum Gasteiger partial charge on any atom is 0.241 e. The maximum atomic E-state index is 5.03. The smallest absolute Gasteiger partial charge is 0.241 e. The Morgan fingerprint density at radius 3 is 1.56 bits per heavy atom. The summed E-state index contributed by atoms with van der Waals surface area (Å²) in [5.74, 6) is 1.60. The van der Waals surface area contributed by atoms with Crippen molar-refractivity contribution in [2.45, 2.75) is 38.5 Å². The van der Waals surface area contributed by atoms with E-state index in [1.807, 2.05) is 0 Å². The molecule has 4 nitrogen and oxygen atoms in total. The zero-order chi connectivity index (χ0) is 32.4.